The number of carbonyl (C=O) groups excluding carboxylic acids is 1. The second kappa shape index (κ2) is 8.35. The molecule has 0 saturated carbocycles. The largest absolute Gasteiger partial charge is 0.493 e. The van der Waals surface area contributed by atoms with E-state index in [4.69, 9.17) is 9.47 Å². The summed E-state index contributed by atoms with van der Waals surface area (Å²) in [5.74, 6) is 1.07. The third kappa shape index (κ3) is 4.17. The summed E-state index contributed by atoms with van der Waals surface area (Å²) in [5.41, 5.74) is 8.88. The van der Waals surface area contributed by atoms with Gasteiger partial charge < -0.3 is 14.8 Å². The van der Waals surface area contributed by atoms with E-state index in [1.54, 1.807) is 0 Å². The van der Waals surface area contributed by atoms with Crippen molar-refractivity contribution in [2.24, 2.45) is 0 Å². The summed E-state index contributed by atoms with van der Waals surface area (Å²) in [5, 5.41) is 3.06. The maximum absolute atomic E-state index is 12.4. The van der Waals surface area contributed by atoms with Gasteiger partial charge in [0.15, 0.2) is 0 Å². The Kier molecular flexibility index (Phi) is 5.69. The predicted octanol–water partition coefficient (Wildman–Crippen LogP) is 0.368. The number of amides is 1. The first-order valence-electron chi connectivity index (χ1n) is 9.64. The van der Waals surface area contributed by atoms with Gasteiger partial charge in [-0.05, 0) is 36.6 Å². The van der Waals surface area contributed by atoms with E-state index >= 15 is 0 Å². The molecule has 4 rings (SSSR count). The van der Waals surface area contributed by atoms with Crippen molar-refractivity contribution in [2.45, 2.75) is 31.3 Å². The second-order valence-corrected chi connectivity index (χ2v) is 7.19. The number of rotatable bonds is 6. The fraction of sp³-hybridized carbons (Fsp3) is 0.632. The highest BCUT2D eigenvalue weighted by Crippen LogP contribution is 2.30. The van der Waals surface area contributed by atoms with E-state index < -0.39 is 0 Å². The zero-order valence-electron chi connectivity index (χ0n) is 15.1. The first-order valence-corrected chi connectivity index (χ1v) is 9.64. The van der Waals surface area contributed by atoms with Crippen molar-refractivity contribution in [3.8, 4) is 5.75 Å². The fourth-order valence-corrected chi connectivity index (χ4v) is 3.83. The molecule has 2 fully saturated rings. The minimum absolute atomic E-state index is 0.0754. The van der Waals surface area contributed by atoms with Crippen LogP contribution in [-0.2, 0) is 16.0 Å². The third-order valence-corrected chi connectivity index (χ3v) is 5.39. The number of fused-ring (bicyclic) bond motifs is 1. The Morgan fingerprint density at radius 3 is 3.00 bits per heavy atom. The van der Waals surface area contributed by atoms with Gasteiger partial charge in [-0.25, -0.2) is 10.9 Å². The lowest BCUT2D eigenvalue weighted by Crippen LogP contribution is -2.44. The van der Waals surface area contributed by atoms with Gasteiger partial charge in [-0.15, -0.1) is 0 Å². The lowest BCUT2D eigenvalue weighted by Gasteiger charge is -2.26. The number of morpholine rings is 1. The molecular weight excluding hydrogens is 332 g/mol. The van der Waals surface area contributed by atoms with Gasteiger partial charge in [0.25, 0.3) is 0 Å². The standard InChI is InChI=1S/C19H28N4O3/c24-19(20-5-1-6-23-7-10-25-11-8-23)17-13-16(21-22-17)14-2-3-18-15(12-14)4-9-26-18/h2-3,12,16-17,21-22H,1,4-11,13H2,(H,20,24). The third-order valence-electron chi connectivity index (χ3n) is 5.39. The molecule has 3 aliphatic rings. The summed E-state index contributed by atoms with van der Waals surface area (Å²) in [6.45, 7) is 6.13. The highest BCUT2D eigenvalue weighted by Gasteiger charge is 2.30. The van der Waals surface area contributed by atoms with Crippen LogP contribution < -0.4 is 20.9 Å². The predicted molar refractivity (Wildman–Crippen MR) is 97.9 cm³/mol. The average Bonchev–Trinajstić information content (AvgIpc) is 3.34. The van der Waals surface area contributed by atoms with Crippen molar-refractivity contribution in [1.82, 2.24) is 21.1 Å². The molecule has 1 aromatic rings. The van der Waals surface area contributed by atoms with Gasteiger partial charge in [0.2, 0.25) is 5.91 Å². The van der Waals surface area contributed by atoms with Crippen LogP contribution in [0.25, 0.3) is 0 Å². The number of ether oxygens (including phenoxy) is 2. The molecule has 26 heavy (non-hydrogen) atoms. The van der Waals surface area contributed by atoms with Gasteiger partial charge in [-0.3, -0.25) is 9.69 Å². The summed E-state index contributed by atoms with van der Waals surface area (Å²) in [6, 6.07) is 6.30. The minimum atomic E-state index is -0.187. The van der Waals surface area contributed by atoms with Crippen LogP contribution in [0.3, 0.4) is 0 Å². The van der Waals surface area contributed by atoms with Gasteiger partial charge in [0.1, 0.15) is 11.8 Å². The van der Waals surface area contributed by atoms with E-state index in [9.17, 15) is 4.79 Å². The molecule has 1 amide bonds. The molecular formula is C19H28N4O3. The van der Waals surface area contributed by atoms with E-state index in [1.165, 1.54) is 11.1 Å². The lowest BCUT2D eigenvalue weighted by atomic mass is 9.99. The maximum Gasteiger partial charge on any atom is 0.238 e. The number of hydrazine groups is 1. The summed E-state index contributed by atoms with van der Waals surface area (Å²) in [6.07, 6.45) is 2.70. The molecule has 3 N–H and O–H groups in total. The molecule has 0 spiro atoms. The second-order valence-electron chi connectivity index (χ2n) is 7.19. The fourth-order valence-electron chi connectivity index (χ4n) is 3.83. The van der Waals surface area contributed by atoms with Crippen LogP contribution in [0.2, 0.25) is 0 Å². The quantitative estimate of drug-likeness (QED) is 0.637. The van der Waals surface area contributed by atoms with Crippen molar-refractivity contribution < 1.29 is 14.3 Å². The van der Waals surface area contributed by atoms with Crippen LogP contribution in [0, 0.1) is 0 Å². The Bertz CT molecular complexity index is 633. The Hall–Kier alpha value is -1.67. The molecule has 2 unspecified atom stereocenters. The van der Waals surface area contributed by atoms with Crippen molar-refractivity contribution in [3.63, 3.8) is 0 Å². The summed E-state index contributed by atoms with van der Waals surface area (Å²) in [4.78, 5) is 14.8. The Morgan fingerprint density at radius 2 is 2.12 bits per heavy atom. The average molecular weight is 360 g/mol. The number of benzene rings is 1. The zero-order valence-corrected chi connectivity index (χ0v) is 15.1. The van der Waals surface area contributed by atoms with Gasteiger partial charge in [0.05, 0.1) is 19.8 Å². The lowest BCUT2D eigenvalue weighted by molar-refractivity contribution is -0.122. The number of nitrogens with one attached hydrogen (secondary N) is 3. The smallest absolute Gasteiger partial charge is 0.238 e. The monoisotopic (exact) mass is 360 g/mol. The van der Waals surface area contributed by atoms with Crippen LogP contribution in [0.5, 0.6) is 5.75 Å². The zero-order chi connectivity index (χ0) is 17.8. The van der Waals surface area contributed by atoms with E-state index in [2.05, 4.69) is 33.2 Å². The van der Waals surface area contributed by atoms with Crippen LogP contribution in [-0.4, -0.2) is 62.8 Å². The van der Waals surface area contributed by atoms with Crippen molar-refractivity contribution in [2.75, 3.05) is 46.0 Å². The molecule has 0 aromatic heterocycles. The first kappa shape index (κ1) is 17.7. The molecule has 2 saturated heterocycles. The molecule has 0 bridgehead atoms. The molecule has 7 nitrogen and oxygen atoms in total. The number of nitrogens with zero attached hydrogens (tertiary/aromatic N) is 1. The van der Waals surface area contributed by atoms with Crippen LogP contribution in [0.15, 0.2) is 18.2 Å². The molecule has 1 aromatic carbocycles. The highest BCUT2D eigenvalue weighted by molar-refractivity contribution is 5.82. The van der Waals surface area contributed by atoms with Crippen LogP contribution in [0.4, 0.5) is 0 Å². The van der Waals surface area contributed by atoms with Crippen molar-refractivity contribution in [3.05, 3.63) is 29.3 Å². The molecule has 7 heteroatoms. The van der Waals surface area contributed by atoms with Gasteiger partial charge in [0, 0.05) is 32.1 Å². The SMILES string of the molecule is O=C(NCCCN1CCOCC1)C1CC(c2ccc3c(c2)CCO3)NN1. The first-order chi connectivity index (χ1) is 12.8. The van der Waals surface area contributed by atoms with Crippen molar-refractivity contribution >= 4 is 5.91 Å². The van der Waals surface area contributed by atoms with Crippen LogP contribution in [0.1, 0.15) is 30.0 Å². The number of hydrogen-bond acceptors (Lipinski definition) is 6. The molecule has 3 aliphatic heterocycles. The Morgan fingerprint density at radius 1 is 1.23 bits per heavy atom. The Balaban J connectivity index is 1.20. The van der Waals surface area contributed by atoms with Gasteiger partial charge in [-0.1, -0.05) is 12.1 Å². The van der Waals surface area contributed by atoms with Gasteiger partial charge >= 0.3 is 0 Å². The van der Waals surface area contributed by atoms with Crippen molar-refractivity contribution in [1.29, 1.82) is 0 Å². The van der Waals surface area contributed by atoms with E-state index in [-0.39, 0.29) is 18.0 Å². The normalized spacial score (nSPS) is 25.7. The molecule has 3 heterocycles. The van der Waals surface area contributed by atoms with Gasteiger partial charge in [-0.2, -0.15) is 0 Å². The molecule has 0 radical (unpaired) electrons. The Labute approximate surface area is 154 Å². The maximum atomic E-state index is 12.4. The molecule has 2 atom stereocenters. The minimum Gasteiger partial charge on any atom is -0.493 e. The number of hydrogen-bond donors (Lipinski definition) is 3. The summed E-state index contributed by atoms with van der Waals surface area (Å²) < 4.78 is 10.9. The number of carbonyl (C=O) groups is 1. The topological polar surface area (TPSA) is 74.9 Å². The highest BCUT2D eigenvalue weighted by atomic mass is 16.5. The van der Waals surface area contributed by atoms with E-state index in [0.29, 0.717) is 0 Å². The van der Waals surface area contributed by atoms with E-state index in [0.717, 1.165) is 71.0 Å². The molecule has 142 valence electrons. The summed E-state index contributed by atoms with van der Waals surface area (Å²) >= 11 is 0. The summed E-state index contributed by atoms with van der Waals surface area (Å²) in [7, 11) is 0. The van der Waals surface area contributed by atoms with E-state index in [1.807, 2.05) is 6.07 Å². The van der Waals surface area contributed by atoms with Crippen LogP contribution >= 0.6 is 0 Å². The molecule has 0 aliphatic carbocycles.